The van der Waals surface area contributed by atoms with Gasteiger partial charge in [-0.05, 0) is 62.3 Å². The van der Waals surface area contributed by atoms with Crippen molar-refractivity contribution in [1.82, 2.24) is 4.90 Å². The minimum absolute atomic E-state index is 0.0783. The first-order chi connectivity index (χ1) is 12.3. The molecule has 1 saturated carbocycles. The van der Waals surface area contributed by atoms with E-state index in [0.29, 0.717) is 6.61 Å². The fourth-order valence-electron chi connectivity index (χ4n) is 4.77. The molecule has 0 unspecified atom stereocenters. The van der Waals surface area contributed by atoms with Crippen molar-refractivity contribution in [3.8, 4) is 11.5 Å². The second kappa shape index (κ2) is 6.48. The first-order valence-electron chi connectivity index (χ1n) is 10.1. The van der Waals surface area contributed by atoms with Gasteiger partial charge in [-0.2, -0.15) is 0 Å². The lowest BCUT2D eigenvalue weighted by molar-refractivity contribution is -0.0337. The first-order valence-corrected chi connectivity index (χ1v) is 10.1. The molecule has 3 heterocycles. The third-order valence-electron chi connectivity index (χ3n) is 6.70. The largest absolute Gasteiger partial charge is 0.488 e. The van der Waals surface area contributed by atoms with Crippen LogP contribution < -0.4 is 9.47 Å². The van der Waals surface area contributed by atoms with Crippen LogP contribution in [-0.2, 0) is 11.2 Å². The number of hydrogen-bond donors (Lipinski definition) is 0. The van der Waals surface area contributed by atoms with Crippen LogP contribution in [0.4, 0.5) is 0 Å². The zero-order valence-corrected chi connectivity index (χ0v) is 15.0. The van der Waals surface area contributed by atoms with Gasteiger partial charge in [0.1, 0.15) is 23.2 Å². The molecule has 0 radical (unpaired) electrons. The summed E-state index contributed by atoms with van der Waals surface area (Å²) in [6, 6.07) is 7.25. The third-order valence-corrected chi connectivity index (χ3v) is 6.70. The summed E-state index contributed by atoms with van der Waals surface area (Å²) < 4.78 is 18.0. The van der Waals surface area contributed by atoms with E-state index in [4.69, 9.17) is 14.2 Å². The molecule has 4 nitrogen and oxygen atoms in total. The van der Waals surface area contributed by atoms with Crippen molar-refractivity contribution in [2.24, 2.45) is 0 Å². The van der Waals surface area contributed by atoms with E-state index in [1.807, 2.05) is 0 Å². The Morgan fingerprint density at radius 3 is 2.68 bits per heavy atom. The van der Waals surface area contributed by atoms with Crippen LogP contribution in [0.1, 0.15) is 50.5 Å². The van der Waals surface area contributed by atoms with Crippen LogP contribution in [0.15, 0.2) is 18.2 Å². The summed E-state index contributed by atoms with van der Waals surface area (Å²) in [5.74, 6) is 2.05. The smallest absolute Gasteiger partial charge is 0.124 e. The van der Waals surface area contributed by atoms with Crippen LogP contribution >= 0.6 is 0 Å². The SMILES string of the molecule is c1cc2c(cc1O[C@@H]1CCOC1)CCC1(CCN(C3CCC3)CC1)O2. The van der Waals surface area contributed by atoms with Gasteiger partial charge in [-0.25, -0.2) is 0 Å². The molecule has 1 aliphatic carbocycles. The molecule has 25 heavy (non-hydrogen) atoms. The molecule has 4 aliphatic rings. The molecular formula is C21H29NO3. The summed E-state index contributed by atoms with van der Waals surface area (Å²) in [5, 5.41) is 0. The fourth-order valence-corrected chi connectivity index (χ4v) is 4.77. The van der Waals surface area contributed by atoms with Crippen LogP contribution in [0.25, 0.3) is 0 Å². The number of fused-ring (bicyclic) bond motifs is 1. The minimum Gasteiger partial charge on any atom is -0.488 e. The standard InChI is InChI=1S/C21H29NO3/c1-2-17(3-1)22-11-9-21(10-12-22)8-6-16-14-18(4-5-20(16)25-21)24-19-7-13-23-15-19/h4-5,14,17,19H,1-3,6-13,15H2/t19-/m1/s1. The van der Waals surface area contributed by atoms with Crippen molar-refractivity contribution < 1.29 is 14.2 Å². The molecule has 0 amide bonds. The van der Waals surface area contributed by atoms with Crippen LogP contribution in [-0.4, -0.2) is 49.0 Å². The number of nitrogens with zero attached hydrogens (tertiary/aromatic N) is 1. The Bertz CT molecular complexity index is 614. The van der Waals surface area contributed by atoms with E-state index in [2.05, 4.69) is 23.1 Å². The molecule has 3 fully saturated rings. The lowest BCUT2D eigenvalue weighted by atomic mass is 9.81. The van der Waals surface area contributed by atoms with E-state index in [9.17, 15) is 0 Å². The number of ether oxygens (including phenoxy) is 3. The van der Waals surface area contributed by atoms with Crippen molar-refractivity contribution in [2.75, 3.05) is 26.3 Å². The molecule has 0 bridgehead atoms. The zero-order valence-electron chi connectivity index (χ0n) is 15.0. The van der Waals surface area contributed by atoms with E-state index < -0.39 is 0 Å². The number of benzene rings is 1. The summed E-state index contributed by atoms with van der Waals surface area (Å²) in [7, 11) is 0. The summed E-state index contributed by atoms with van der Waals surface area (Å²) >= 11 is 0. The summed E-state index contributed by atoms with van der Waals surface area (Å²) in [5.41, 5.74) is 1.39. The second-order valence-electron chi connectivity index (χ2n) is 8.28. The minimum atomic E-state index is 0.0783. The van der Waals surface area contributed by atoms with Crippen LogP contribution in [0.5, 0.6) is 11.5 Å². The highest BCUT2D eigenvalue weighted by molar-refractivity contribution is 5.42. The van der Waals surface area contributed by atoms with E-state index in [1.165, 1.54) is 50.8 Å². The highest BCUT2D eigenvalue weighted by atomic mass is 16.5. The van der Waals surface area contributed by atoms with Gasteiger partial charge in [0.15, 0.2) is 0 Å². The second-order valence-corrected chi connectivity index (χ2v) is 8.28. The van der Waals surface area contributed by atoms with Crippen molar-refractivity contribution in [2.45, 2.75) is 69.1 Å². The monoisotopic (exact) mass is 343 g/mol. The third kappa shape index (κ3) is 3.15. The predicted molar refractivity (Wildman–Crippen MR) is 96.4 cm³/mol. The van der Waals surface area contributed by atoms with Gasteiger partial charge in [-0.15, -0.1) is 0 Å². The average molecular weight is 343 g/mol. The molecule has 1 spiro atoms. The maximum absolute atomic E-state index is 6.56. The quantitative estimate of drug-likeness (QED) is 0.840. The Hall–Kier alpha value is -1.26. The van der Waals surface area contributed by atoms with Gasteiger partial charge in [0.2, 0.25) is 0 Å². The lowest BCUT2D eigenvalue weighted by Gasteiger charge is -2.48. The Balaban J connectivity index is 1.24. The Labute approximate surface area is 150 Å². The van der Waals surface area contributed by atoms with Gasteiger partial charge in [-0.1, -0.05) is 6.42 Å². The maximum atomic E-state index is 6.56. The normalized spacial score (nSPS) is 29.0. The Morgan fingerprint density at radius 2 is 1.96 bits per heavy atom. The van der Waals surface area contributed by atoms with Crippen molar-refractivity contribution in [3.05, 3.63) is 23.8 Å². The lowest BCUT2D eigenvalue weighted by Crippen LogP contribution is -2.53. The average Bonchev–Trinajstić information content (AvgIpc) is 3.09. The molecule has 3 aliphatic heterocycles. The van der Waals surface area contributed by atoms with Gasteiger partial charge in [0, 0.05) is 25.6 Å². The van der Waals surface area contributed by atoms with E-state index in [1.54, 1.807) is 0 Å². The van der Waals surface area contributed by atoms with Crippen molar-refractivity contribution in [1.29, 1.82) is 0 Å². The molecule has 0 N–H and O–H groups in total. The molecule has 0 aromatic heterocycles. The molecule has 136 valence electrons. The molecule has 2 saturated heterocycles. The Kier molecular flexibility index (Phi) is 4.13. The number of likely N-dealkylation sites (tertiary alicyclic amines) is 1. The van der Waals surface area contributed by atoms with E-state index >= 15 is 0 Å². The Morgan fingerprint density at radius 1 is 1.08 bits per heavy atom. The van der Waals surface area contributed by atoms with Crippen molar-refractivity contribution in [3.63, 3.8) is 0 Å². The first kappa shape index (κ1) is 16.0. The molecular weight excluding hydrogens is 314 g/mol. The van der Waals surface area contributed by atoms with Gasteiger partial charge < -0.3 is 19.1 Å². The van der Waals surface area contributed by atoms with Crippen LogP contribution in [0.2, 0.25) is 0 Å². The van der Waals surface area contributed by atoms with Gasteiger partial charge in [-0.3, -0.25) is 0 Å². The molecule has 4 heteroatoms. The molecule has 1 aromatic rings. The molecule has 1 aromatic carbocycles. The highest BCUT2D eigenvalue weighted by Crippen LogP contribution is 2.42. The van der Waals surface area contributed by atoms with Crippen LogP contribution in [0.3, 0.4) is 0 Å². The number of aryl methyl sites for hydroxylation is 1. The maximum Gasteiger partial charge on any atom is 0.124 e. The van der Waals surface area contributed by atoms with E-state index in [-0.39, 0.29) is 11.7 Å². The summed E-state index contributed by atoms with van der Waals surface area (Å²) in [6.07, 6.45) is 10.1. The predicted octanol–water partition coefficient (Wildman–Crippen LogP) is 3.57. The van der Waals surface area contributed by atoms with Crippen LogP contribution in [0, 0.1) is 0 Å². The molecule has 5 rings (SSSR count). The van der Waals surface area contributed by atoms with Gasteiger partial charge >= 0.3 is 0 Å². The summed E-state index contributed by atoms with van der Waals surface area (Å²) in [4.78, 5) is 2.70. The fraction of sp³-hybridized carbons (Fsp3) is 0.714. The zero-order chi connectivity index (χ0) is 16.7. The topological polar surface area (TPSA) is 30.9 Å². The van der Waals surface area contributed by atoms with E-state index in [0.717, 1.165) is 43.4 Å². The number of piperidine rings is 1. The number of hydrogen-bond acceptors (Lipinski definition) is 4. The number of rotatable bonds is 3. The van der Waals surface area contributed by atoms with Gasteiger partial charge in [0.05, 0.1) is 13.2 Å². The molecule has 1 atom stereocenters. The highest BCUT2D eigenvalue weighted by Gasteiger charge is 2.41. The van der Waals surface area contributed by atoms with Gasteiger partial charge in [0.25, 0.3) is 0 Å². The van der Waals surface area contributed by atoms with Crippen molar-refractivity contribution >= 4 is 0 Å². The summed E-state index contributed by atoms with van der Waals surface area (Å²) in [6.45, 7) is 3.96.